The molecule has 0 spiro atoms. The van der Waals surface area contributed by atoms with Crippen molar-refractivity contribution in [1.82, 2.24) is 5.32 Å². The first-order valence-corrected chi connectivity index (χ1v) is 5.79. The normalized spacial score (nSPS) is 16.8. The Hall–Kier alpha value is -1.51. The minimum Gasteiger partial charge on any atom is -0.398 e. The molecule has 0 heterocycles. The van der Waals surface area contributed by atoms with Gasteiger partial charge in [0.1, 0.15) is 0 Å². The van der Waals surface area contributed by atoms with Crippen LogP contribution in [0.25, 0.3) is 0 Å². The molecule has 1 atom stereocenters. The van der Waals surface area contributed by atoms with Gasteiger partial charge in [0.2, 0.25) is 5.91 Å². The second kappa shape index (κ2) is 4.56. The summed E-state index contributed by atoms with van der Waals surface area (Å²) < 4.78 is 0. The number of anilines is 1. The largest absolute Gasteiger partial charge is 0.398 e. The molecule has 1 saturated carbocycles. The molecule has 2 rings (SSSR count). The van der Waals surface area contributed by atoms with E-state index < -0.39 is 0 Å². The van der Waals surface area contributed by atoms with Crippen molar-refractivity contribution in [2.45, 2.75) is 32.2 Å². The predicted octanol–water partition coefficient (Wildman–Crippen LogP) is 1.73. The highest BCUT2D eigenvalue weighted by molar-refractivity contribution is 5.80. The molecule has 0 radical (unpaired) electrons. The summed E-state index contributed by atoms with van der Waals surface area (Å²) >= 11 is 0. The molecule has 3 nitrogen and oxygen atoms in total. The number of nitrogen functional groups attached to an aromatic ring is 1. The van der Waals surface area contributed by atoms with E-state index in [1.807, 2.05) is 24.3 Å². The first-order chi connectivity index (χ1) is 7.66. The van der Waals surface area contributed by atoms with Crippen molar-refractivity contribution in [3.05, 3.63) is 29.8 Å². The zero-order valence-electron chi connectivity index (χ0n) is 9.57. The van der Waals surface area contributed by atoms with E-state index in [2.05, 4.69) is 12.2 Å². The summed E-state index contributed by atoms with van der Waals surface area (Å²) in [4.78, 5) is 11.7. The topological polar surface area (TPSA) is 55.1 Å². The molecule has 0 aliphatic heterocycles. The molecule has 16 heavy (non-hydrogen) atoms. The average molecular weight is 218 g/mol. The lowest BCUT2D eigenvalue weighted by Gasteiger charge is -2.13. The lowest BCUT2D eigenvalue weighted by atomic mass is 10.1. The molecule has 1 aromatic carbocycles. The van der Waals surface area contributed by atoms with Gasteiger partial charge in [0.05, 0.1) is 6.42 Å². The number of amides is 1. The van der Waals surface area contributed by atoms with Gasteiger partial charge in [0, 0.05) is 11.7 Å². The van der Waals surface area contributed by atoms with Crippen molar-refractivity contribution in [2.75, 3.05) is 5.73 Å². The van der Waals surface area contributed by atoms with Gasteiger partial charge in [0.25, 0.3) is 0 Å². The Morgan fingerprint density at radius 2 is 2.19 bits per heavy atom. The van der Waals surface area contributed by atoms with Gasteiger partial charge >= 0.3 is 0 Å². The highest BCUT2D eigenvalue weighted by Crippen LogP contribution is 2.32. The van der Waals surface area contributed by atoms with Crippen LogP contribution in [0, 0.1) is 5.92 Å². The van der Waals surface area contributed by atoms with Crippen molar-refractivity contribution < 1.29 is 4.79 Å². The zero-order valence-corrected chi connectivity index (χ0v) is 9.57. The van der Waals surface area contributed by atoms with E-state index in [9.17, 15) is 4.79 Å². The molecule has 0 bridgehead atoms. The third kappa shape index (κ3) is 2.75. The molecule has 1 fully saturated rings. The van der Waals surface area contributed by atoms with Crippen molar-refractivity contribution in [3.8, 4) is 0 Å². The molecule has 1 aliphatic carbocycles. The van der Waals surface area contributed by atoms with E-state index >= 15 is 0 Å². The molecule has 86 valence electrons. The SMILES string of the molecule is CC(NC(=O)Cc1ccccc1N)C1CC1. The number of carbonyl (C=O) groups excluding carboxylic acids is 1. The second-order valence-corrected chi connectivity index (χ2v) is 4.57. The summed E-state index contributed by atoms with van der Waals surface area (Å²) in [5, 5.41) is 3.02. The van der Waals surface area contributed by atoms with Gasteiger partial charge in [-0.25, -0.2) is 0 Å². The molecular weight excluding hydrogens is 200 g/mol. The number of hydrogen-bond donors (Lipinski definition) is 2. The standard InChI is InChI=1S/C13H18N2O/c1-9(10-6-7-10)15-13(16)8-11-4-2-3-5-12(11)14/h2-5,9-10H,6-8,14H2,1H3,(H,15,16). The number of benzene rings is 1. The Morgan fingerprint density at radius 1 is 1.50 bits per heavy atom. The molecule has 0 aromatic heterocycles. The summed E-state index contributed by atoms with van der Waals surface area (Å²) in [6, 6.07) is 7.81. The monoisotopic (exact) mass is 218 g/mol. The number of rotatable bonds is 4. The molecular formula is C13H18N2O. The maximum absolute atomic E-state index is 11.7. The van der Waals surface area contributed by atoms with E-state index in [1.54, 1.807) is 0 Å². The predicted molar refractivity (Wildman–Crippen MR) is 64.9 cm³/mol. The van der Waals surface area contributed by atoms with Gasteiger partial charge in [-0.3, -0.25) is 4.79 Å². The zero-order chi connectivity index (χ0) is 11.5. The highest BCUT2D eigenvalue weighted by atomic mass is 16.1. The third-order valence-corrected chi connectivity index (χ3v) is 3.12. The van der Waals surface area contributed by atoms with E-state index in [-0.39, 0.29) is 5.91 Å². The van der Waals surface area contributed by atoms with Gasteiger partial charge in [-0.05, 0) is 37.3 Å². The molecule has 3 N–H and O–H groups in total. The smallest absolute Gasteiger partial charge is 0.224 e. The Morgan fingerprint density at radius 3 is 2.81 bits per heavy atom. The number of nitrogens with one attached hydrogen (secondary N) is 1. The molecule has 3 heteroatoms. The van der Waals surface area contributed by atoms with Crippen LogP contribution in [0.4, 0.5) is 5.69 Å². The Balaban J connectivity index is 1.89. The van der Waals surface area contributed by atoms with Crippen LogP contribution >= 0.6 is 0 Å². The van der Waals surface area contributed by atoms with E-state index in [0.717, 1.165) is 5.56 Å². The second-order valence-electron chi connectivity index (χ2n) is 4.57. The van der Waals surface area contributed by atoms with Crippen LogP contribution in [0.1, 0.15) is 25.3 Å². The molecule has 1 aromatic rings. The van der Waals surface area contributed by atoms with Crippen molar-refractivity contribution in [3.63, 3.8) is 0 Å². The fourth-order valence-electron chi connectivity index (χ4n) is 1.89. The van der Waals surface area contributed by atoms with Gasteiger partial charge in [-0.2, -0.15) is 0 Å². The highest BCUT2D eigenvalue weighted by Gasteiger charge is 2.28. The maximum atomic E-state index is 11.7. The summed E-state index contributed by atoms with van der Waals surface area (Å²) in [5.74, 6) is 0.759. The lowest BCUT2D eigenvalue weighted by molar-refractivity contribution is -0.121. The van der Waals surface area contributed by atoms with Crippen LogP contribution in [-0.2, 0) is 11.2 Å². The Bertz CT molecular complexity index is 385. The number of hydrogen-bond acceptors (Lipinski definition) is 2. The van der Waals surface area contributed by atoms with Crippen molar-refractivity contribution in [2.24, 2.45) is 5.92 Å². The number of nitrogens with two attached hydrogens (primary N) is 1. The van der Waals surface area contributed by atoms with Crippen LogP contribution < -0.4 is 11.1 Å². The molecule has 1 unspecified atom stereocenters. The van der Waals surface area contributed by atoms with E-state index in [1.165, 1.54) is 12.8 Å². The Labute approximate surface area is 96.0 Å². The van der Waals surface area contributed by atoms with E-state index in [4.69, 9.17) is 5.73 Å². The first kappa shape index (κ1) is 11.0. The van der Waals surface area contributed by atoms with Crippen LogP contribution in [0.3, 0.4) is 0 Å². The fraction of sp³-hybridized carbons (Fsp3) is 0.462. The van der Waals surface area contributed by atoms with Crippen LogP contribution in [-0.4, -0.2) is 11.9 Å². The number of carbonyl (C=O) groups is 1. The maximum Gasteiger partial charge on any atom is 0.224 e. The van der Waals surface area contributed by atoms with Gasteiger partial charge < -0.3 is 11.1 Å². The summed E-state index contributed by atoms with van der Waals surface area (Å²) in [6.07, 6.45) is 2.87. The molecule has 0 saturated heterocycles. The lowest BCUT2D eigenvalue weighted by Crippen LogP contribution is -2.35. The molecule has 1 amide bonds. The van der Waals surface area contributed by atoms with E-state index in [0.29, 0.717) is 24.1 Å². The number of para-hydroxylation sites is 1. The quantitative estimate of drug-likeness (QED) is 0.756. The summed E-state index contributed by atoms with van der Waals surface area (Å²) in [7, 11) is 0. The van der Waals surface area contributed by atoms with Crippen molar-refractivity contribution in [1.29, 1.82) is 0 Å². The summed E-state index contributed by atoms with van der Waals surface area (Å²) in [6.45, 7) is 2.07. The minimum absolute atomic E-state index is 0.0669. The third-order valence-electron chi connectivity index (χ3n) is 3.12. The fourth-order valence-corrected chi connectivity index (χ4v) is 1.89. The van der Waals surface area contributed by atoms with Gasteiger partial charge in [-0.15, -0.1) is 0 Å². The van der Waals surface area contributed by atoms with Crippen molar-refractivity contribution >= 4 is 11.6 Å². The Kier molecular flexibility index (Phi) is 3.13. The van der Waals surface area contributed by atoms with Crippen LogP contribution in [0.15, 0.2) is 24.3 Å². The molecule has 1 aliphatic rings. The van der Waals surface area contributed by atoms with Crippen LogP contribution in [0.5, 0.6) is 0 Å². The van der Waals surface area contributed by atoms with Gasteiger partial charge in [-0.1, -0.05) is 18.2 Å². The average Bonchev–Trinajstić information content (AvgIpc) is 3.04. The minimum atomic E-state index is 0.0669. The van der Waals surface area contributed by atoms with Gasteiger partial charge in [0.15, 0.2) is 0 Å². The van der Waals surface area contributed by atoms with Crippen LogP contribution in [0.2, 0.25) is 0 Å². The summed E-state index contributed by atoms with van der Waals surface area (Å²) in [5.41, 5.74) is 7.39. The first-order valence-electron chi connectivity index (χ1n) is 5.79.